The van der Waals surface area contributed by atoms with Crippen LogP contribution in [-0.2, 0) is 6.42 Å². The highest BCUT2D eigenvalue weighted by Crippen LogP contribution is 2.34. The van der Waals surface area contributed by atoms with Gasteiger partial charge in [-0.3, -0.25) is 4.90 Å². The highest BCUT2D eigenvalue weighted by atomic mass is 35.5. The average molecular weight is 346 g/mol. The summed E-state index contributed by atoms with van der Waals surface area (Å²) >= 11 is 0. The van der Waals surface area contributed by atoms with Gasteiger partial charge < -0.3 is 4.74 Å². The Morgan fingerprint density at radius 2 is 2.08 bits per heavy atom. The molecule has 0 atom stereocenters. The molecule has 4 rings (SSSR count). The van der Waals surface area contributed by atoms with Gasteiger partial charge >= 0.3 is 0 Å². The molecule has 24 heavy (non-hydrogen) atoms. The molecule has 3 aliphatic rings. The fourth-order valence-electron chi connectivity index (χ4n) is 4.02. The Bertz CT molecular complexity index is 584. The predicted molar refractivity (Wildman–Crippen MR) is 103 cm³/mol. The second-order valence-corrected chi connectivity index (χ2v) is 6.83. The zero-order valence-electron chi connectivity index (χ0n) is 14.4. The lowest BCUT2D eigenvalue weighted by Gasteiger charge is -2.45. The molecule has 0 radical (unpaired) electrons. The standard InChI is InChI=1S/C21H27NO.ClH/c1-3-6-19-15-17(4-2)9-12-21(19)23-14-5-13-22-16-18-7-10-20(22)11-8-18;/h2-3,9,12,15,18,20H,1,5-8,10-11,13-14,16H2;1H. The van der Waals surface area contributed by atoms with Crippen molar-refractivity contribution in [2.45, 2.75) is 44.6 Å². The molecule has 0 N–H and O–H groups in total. The number of terminal acetylenes is 1. The topological polar surface area (TPSA) is 12.5 Å². The maximum atomic E-state index is 6.02. The normalized spacial score (nSPS) is 22.5. The van der Waals surface area contributed by atoms with Crippen LogP contribution in [0.3, 0.4) is 0 Å². The number of rotatable bonds is 7. The Morgan fingerprint density at radius 1 is 1.29 bits per heavy atom. The van der Waals surface area contributed by atoms with Crippen molar-refractivity contribution in [1.29, 1.82) is 0 Å². The zero-order valence-corrected chi connectivity index (χ0v) is 15.2. The lowest BCUT2D eigenvalue weighted by atomic mass is 9.80. The summed E-state index contributed by atoms with van der Waals surface area (Å²) < 4.78 is 6.02. The van der Waals surface area contributed by atoms with E-state index in [1.54, 1.807) is 0 Å². The van der Waals surface area contributed by atoms with Crippen LogP contribution < -0.4 is 4.74 Å². The molecule has 1 aliphatic carbocycles. The van der Waals surface area contributed by atoms with Gasteiger partial charge in [-0.1, -0.05) is 12.0 Å². The van der Waals surface area contributed by atoms with E-state index in [4.69, 9.17) is 11.2 Å². The van der Waals surface area contributed by atoms with Crippen LogP contribution in [0.2, 0.25) is 0 Å². The minimum Gasteiger partial charge on any atom is -0.493 e. The number of allylic oxidation sites excluding steroid dienone is 1. The van der Waals surface area contributed by atoms with Gasteiger partial charge in [0.1, 0.15) is 5.75 Å². The molecule has 1 saturated carbocycles. The summed E-state index contributed by atoms with van der Waals surface area (Å²) in [7, 11) is 0. The van der Waals surface area contributed by atoms with Crippen molar-refractivity contribution in [3.8, 4) is 18.1 Å². The number of ether oxygens (including phenoxy) is 1. The first-order chi connectivity index (χ1) is 11.3. The molecule has 3 heteroatoms. The molecule has 0 spiro atoms. The molecule has 0 unspecified atom stereocenters. The van der Waals surface area contributed by atoms with E-state index in [0.717, 1.165) is 48.3 Å². The van der Waals surface area contributed by atoms with Crippen molar-refractivity contribution in [1.82, 2.24) is 4.90 Å². The van der Waals surface area contributed by atoms with Crippen molar-refractivity contribution >= 4 is 12.4 Å². The molecule has 2 nitrogen and oxygen atoms in total. The van der Waals surface area contributed by atoms with E-state index in [9.17, 15) is 0 Å². The van der Waals surface area contributed by atoms with Gasteiger partial charge in [0.15, 0.2) is 0 Å². The fraction of sp³-hybridized carbons (Fsp3) is 0.524. The van der Waals surface area contributed by atoms with Gasteiger partial charge in [-0.05, 0) is 68.2 Å². The monoisotopic (exact) mass is 345 g/mol. The molecule has 2 saturated heterocycles. The van der Waals surface area contributed by atoms with Crippen LogP contribution in [0.25, 0.3) is 0 Å². The molecule has 2 bridgehead atoms. The van der Waals surface area contributed by atoms with E-state index in [-0.39, 0.29) is 12.4 Å². The van der Waals surface area contributed by atoms with Crippen LogP contribution >= 0.6 is 12.4 Å². The Labute approximate surface area is 152 Å². The number of halogens is 1. The second-order valence-electron chi connectivity index (χ2n) is 6.83. The van der Waals surface area contributed by atoms with Crippen LogP contribution in [0.15, 0.2) is 30.9 Å². The smallest absolute Gasteiger partial charge is 0.122 e. The maximum Gasteiger partial charge on any atom is 0.122 e. The van der Waals surface area contributed by atoms with E-state index in [0.29, 0.717) is 0 Å². The number of nitrogens with zero attached hydrogens (tertiary/aromatic N) is 1. The first kappa shape index (κ1) is 18.9. The number of hydrogen-bond acceptors (Lipinski definition) is 2. The largest absolute Gasteiger partial charge is 0.493 e. The molecule has 1 aromatic rings. The summed E-state index contributed by atoms with van der Waals surface area (Å²) in [4.78, 5) is 2.69. The third kappa shape index (κ3) is 4.56. The summed E-state index contributed by atoms with van der Waals surface area (Å²) in [6, 6.07) is 6.81. The van der Waals surface area contributed by atoms with Crippen molar-refractivity contribution in [3.63, 3.8) is 0 Å². The summed E-state index contributed by atoms with van der Waals surface area (Å²) in [5, 5.41) is 0. The third-order valence-electron chi connectivity index (χ3n) is 5.26. The number of hydrogen-bond donors (Lipinski definition) is 0. The first-order valence-corrected chi connectivity index (χ1v) is 8.87. The van der Waals surface area contributed by atoms with E-state index < -0.39 is 0 Å². The van der Waals surface area contributed by atoms with Crippen LogP contribution in [0.1, 0.15) is 43.2 Å². The Balaban J connectivity index is 0.00000208. The van der Waals surface area contributed by atoms with Crippen molar-refractivity contribution in [3.05, 3.63) is 42.0 Å². The van der Waals surface area contributed by atoms with Crippen LogP contribution in [-0.4, -0.2) is 30.6 Å². The van der Waals surface area contributed by atoms with Crippen LogP contribution in [0.5, 0.6) is 5.75 Å². The summed E-state index contributed by atoms with van der Waals surface area (Å²) in [6.07, 6.45) is 15.0. The number of fused-ring (bicyclic) bond motifs is 3. The molecular weight excluding hydrogens is 318 g/mol. The average Bonchev–Trinajstić information content (AvgIpc) is 2.61. The quantitative estimate of drug-likeness (QED) is 0.411. The number of piperidine rings is 2. The molecule has 1 aromatic carbocycles. The summed E-state index contributed by atoms with van der Waals surface area (Å²) in [6.45, 7) is 7.07. The molecule has 2 heterocycles. The predicted octanol–water partition coefficient (Wildman–Crippen LogP) is 4.46. The highest BCUT2D eigenvalue weighted by molar-refractivity contribution is 5.85. The minimum atomic E-state index is 0. The third-order valence-corrected chi connectivity index (χ3v) is 5.26. The van der Waals surface area contributed by atoms with E-state index in [1.165, 1.54) is 38.8 Å². The summed E-state index contributed by atoms with van der Waals surface area (Å²) in [5.41, 5.74) is 2.03. The van der Waals surface area contributed by atoms with Gasteiger partial charge in [0.25, 0.3) is 0 Å². The lowest BCUT2D eigenvalue weighted by Crippen LogP contribution is -2.48. The van der Waals surface area contributed by atoms with E-state index in [2.05, 4.69) is 17.4 Å². The van der Waals surface area contributed by atoms with Gasteiger partial charge in [0.2, 0.25) is 0 Å². The zero-order chi connectivity index (χ0) is 16.1. The van der Waals surface area contributed by atoms with Crippen LogP contribution in [0, 0.1) is 18.3 Å². The molecule has 0 amide bonds. The molecule has 0 aromatic heterocycles. The highest BCUT2D eigenvalue weighted by Gasteiger charge is 2.32. The van der Waals surface area contributed by atoms with Crippen molar-refractivity contribution in [2.75, 3.05) is 19.7 Å². The van der Waals surface area contributed by atoms with Crippen molar-refractivity contribution < 1.29 is 4.74 Å². The van der Waals surface area contributed by atoms with E-state index >= 15 is 0 Å². The van der Waals surface area contributed by atoms with Gasteiger partial charge in [0.05, 0.1) is 6.61 Å². The lowest BCUT2D eigenvalue weighted by molar-refractivity contribution is 0.0452. The number of benzene rings is 1. The fourth-order valence-corrected chi connectivity index (χ4v) is 4.02. The van der Waals surface area contributed by atoms with Gasteiger partial charge in [-0.25, -0.2) is 0 Å². The molecular formula is C21H28ClNO. The maximum absolute atomic E-state index is 6.02. The second kappa shape index (κ2) is 9.16. The Morgan fingerprint density at radius 3 is 2.71 bits per heavy atom. The molecule has 3 fully saturated rings. The summed E-state index contributed by atoms with van der Waals surface area (Å²) in [5.74, 6) is 4.59. The molecule has 2 aliphatic heterocycles. The Hall–Kier alpha value is -1.43. The van der Waals surface area contributed by atoms with Crippen molar-refractivity contribution in [2.24, 2.45) is 5.92 Å². The Kier molecular flexibility index (Phi) is 7.21. The first-order valence-electron chi connectivity index (χ1n) is 8.87. The molecule has 130 valence electrons. The van der Waals surface area contributed by atoms with Crippen LogP contribution in [0.4, 0.5) is 0 Å². The van der Waals surface area contributed by atoms with Gasteiger partial charge in [-0.15, -0.1) is 25.4 Å². The minimum absolute atomic E-state index is 0. The van der Waals surface area contributed by atoms with Gasteiger partial charge in [0, 0.05) is 24.7 Å². The van der Waals surface area contributed by atoms with E-state index in [1.807, 2.05) is 24.3 Å². The SMILES string of the molecule is C#Cc1ccc(OCCCN2CC3CCC2CC3)c(CC=C)c1.Cl. The van der Waals surface area contributed by atoms with Gasteiger partial charge in [-0.2, -0.15) is 0 Å².